The second-order valence-corrected chi connectivity index (χ2v) is 7.11. The summed E-state index contributed by atoms with van der Waals surface area (Å²) in [5.74, 6) is 0. The van der Waals surface area contributed by atoms with Gasteiger partial charge in [-0.15, -0.1) is 11.3 Å². The highest BCUT2D eigenvalue weighted by atomic mass is 32.2. The van der Waals surface area contributed by atoms with Crippen molar-refractivity contribution in [2.75, 3.05) is 38.5 Å². The molecule has 0 spiro atoms. The minimum absolute atomic E-state index is 0.347. The summed E-state index contributed by atoms with van der Waals surface area (Å²) >= 11 is 1.19. The van der Waals surface area contributed by atoms with Crippen LogP contribution in [0.25, 0.3) is 0 Å². The zero-order valence-corrected chi connectivity index (χ0v) is 11.4. The van der Waals surface area contributed by atoms with Gasteiger partial charge in [0, 0.05) is 37.2 Å². The van der Waals surface area contributed by atoms with Crippen molar-refractivity contribution in [3.8, 4) is 0 Å². The monoisotopic (exact) mass is 275 g/mol. The molecule has 2 rings (SSSR count). The fraction of sp³-hybridized carbons (Fsp3) is 0.600. The van der Waals surface area contributed by atoms with Crippen LogP contribution < -0.4 is 5.73 Å². The van der Waals surface area contributed by atoms with Crippen LogP contribution in [0.3, 0.4) is 0 Å². The fourth-order valence-electron chi connectivity index (χ4n) is 1.88. The van der Waals surface area contributed by atoms with E-state index in [2.05, 4.69) is 11.8 Å². The van der Waals surface area contributed by atoms with Crippen molar-refractivity contribution in [1.29, 1.82) is 0 Å². The van der Waals surface area contributed by atoms with E-state index in [-0.39, 0.29) is 0 Å². The van der Waals surface area contributed by atoms with Crippen molar-refractivity contribution in [3.05, 3.63) is 11.4 Å². The average Bonchev–Trinajstić information content (AvgIpc) is 2.77. The van der Waals surface area contributed by atoms with Crippen molar-refractivity contribution >= 4 is 27.0 Å². The normalized spacial score (nSPS) is 19.6. The summed E-state index contributed by atoms with van der Waals surface area (Å²) < 4.78 is 26.4. The molecule has 1 saturated heterocycles. The number of anilines is 1. The molecule has 0 radical (unpaired) electrons. The van der Waals surface area contributed by atoms with Crippen LogP contribution >= 0.6 is 11.3 Å². The standard InChI is InChI=1S/C10H17N3O2S2/c1-2-12-3-5-13(6-4-12)17(14,15)10-7-9(11)8-16-10/h7-8H,2-6,11H2,1H3. The second kappa shape index (κ2) is 4.93. The molecule has 17 heavy (non-hydrogen) atoms. The summed E-state index contributed by atoms with van der Waals surface area (Å²) in [7, 11) is -3.33. The van der Waals surface area contributed by atoms with E-state index in [1.807, 2.05) is 0 Å². The van der Waals surface area contributed by atoms with Gasteiger partial charge in [0.2, 0.25) is 0 Å². The summed E-state index contributed by atoms with van der Waals surface area (Å²) in [5.41, 5.74) is 6.08. The number of thiophene rings is 1. The number of rotatable bonds is 3. The molecule has 96 valence electrons. The first kappa shape index (κ1) is 12.8. The van der Waals surface area contributed by atoms with E-state index in [4.69, 9.17) is 5.73 Å². The molecular weight excluding hydrogens is 258 g/mol. The molecule has 1 aliphatic rings. The van der Waals surface area contributed by atoms with Gasteiger partial charge in [-0.1, -0.05) is 6.92 Å². The van der Waals surface area contributed by atoms with Crippen molar-refractivity contribution in [3.63, 3.8) is 0 Å². The molecule has 1 aromatic rings. The molecule has 0 unspecified atom stereocenters. The van der Waals surface area contributed by atoms with Gasteiger partial charge in [0.25, 0.3) is 10.0 Å². The highest BCUT2D eigenvalue weighted by Crippen LogP contribution is 2.25. The Kier molecular flexibility index (Phi) is 3.72. The van der Waals surface area contributed by atoms with Crippen molar-refractivity contribution < 1.29 is 8.42 Å². The average molecular weight is 275 g/mol. The summed E-state index contributed by atoms with van der Waals surface area (Å²) in [6.45, 7) is 5.79. The molecule has 0 saturated carbocycles. The van der Waals surface area contributed by atoms with Crippen molar-refractivity contribution in [2.24, 2.45) is 0 Å². The molecule has 0 aliphatic carbocycles. The van der Waals surface area contributed by atoms with E-state index in [0.717, 1.165) is 19.6 Å². The molecule has 1 aromatic heterocycles. The number of nitrogens with two attached hydrogens (primary N) is 1. The van der Waals surface area contributed by atoms with Gasteiger partial charge in [-0.05, 0) is 12.6 Å². The van der Waals surface area contributed by atoms with Gasteiger partial charge in [0.15, 0.2) is 0 Å². The van der Waals surface area contributed by atoms with E-state index in [1.54, 1.807) is 9.69 Å². The molecule has 5 nitrogen and oxygen atoms in total. The van der Waals surface area contributed by atoms with Gasteiger partial charge in [-0.3, -0.25) is 0 Å². The van der Waals surface area contributed by atoms with Crippen LogP contribution in [0.1, 0.15) is 6.92 Å². The summed E-state index contributed by atoms with van der Waals surface area (Å²) in [4.78, 5) is 2.24. The van der Waals surface area contributed by atoms with Crippen LogP contribution in [-0.2, 0) is 10.0 Å². The Balaban J connectivity index is 2.12. The lowest BCUT2D eigenvalue weighted by molar-refractivity contribution is 0.196. The second-order valence-electron chi connectivity index (χ2n) is 4.04. The van der Waals surface area contributed by atoms with Crippen molar-refractivity contribution in [2.45, 2.75) is 11.1 Å². The molecular formula is C10H17N3O2S2. The molecule has 1 fully saturated rings. The smallest absolute Gasteiger partial charge is 0.252 e. The maximum Gasteiger partial charge on any atom is 0.252 e. The lowest BCUT2D eigenvalue weighted by atomic mass is 10.4. The molecule has 2 N–H and O–H groups in total. The number of nitrogen functional groups attached to an aromatic ring is 1. The first-order chi connectivity index (χ1) is 8.04. The highest BCUT2D eigenvalue weighted by molar-refractivity contribution is 7.91. The van der Waals surface area contributed by atoms with Gasteiger partial charge >= 0.3 is 0 Å². The summed E-state index contributed by atoms with van der Waals surface area (Å²) in [6.07, 6.45) is 0. The Labute approximate surface area is 106 Å². The Bertz CT molecular complexity index is 475. The third-order valence-corrected chi connectivity index (χ3v) is 6.30. The van der Waals surface area contributed by atoms with Gasteiger partial charge < -0.3 is 10.6 Å². The molecule has 0 atom stereocenters. The number of hydrogen-bond donors (Lipinski definition) is 1. The van der Waals surface area contributed by atoms with E-state index < -0.39 is 10.0 Å². The third kappa shape index (κ3) is 2.62. The maximum absolute atomic E-state index is 12.3. The van der Waals surface area contributed by atoms with Crippen LogP contribution in [0.15, 0.2) is 15.7 Å². The van der Waals surface area contributed by atoms with Crippen molar-refractivity contribution in [1.82, 2.24) is 9.21 Å². The molecule has 0 bridgehead atoms. The Morgan fingerprint density at radius 1 is 1.35 bits per heavy atom. The van der Waals surface area contributed by atoms with E-state index in [1.165, 1.54) is 17.4 Å². The number of nitrogens with zero attached hydrogens (tertiary/aromatic N) is 2. The highest BCUT2D eigenvalue weighted by Gasteiger charge is 2.28. The molecule has 0 aromatic carbocycles. The minimum Gasteiger partial charge on any atom is -0.398 e. The molecule has 2 heterocycles. The van der Waals surface area contributed by atoms with Crippen LogP contribution in [-0.4, -0.2) is 50.3 Å². The predicted molar refractivity (Wildman–Crippen MR) is 69.6 cm³/mol. The van der Waals surface area contributed by atoms with Crippen LogP contribution in [0.4, 0.5) is 5.69 Å². The fourth-order valence-corrected chi connectivity index (χ4v) is 4.53. The quantitative estimate of drug-likeness (QED) is 0.880. The third-order valence-electron chi connectivity index (χ3n) is 2.97. The lowest BCUT2D eigenvalue weighted by Gasteiger charge is -2.32. The summed E-state index contributed by atoms with van der Waals surface area (Å²) in [6, 6.07) is 1.53. The van der Waals surface area contributed by atoms with E-state index in [9.17, 15) is 8.42 Å². The number of hydrogen-bond acceptors (Lipinski definition) is 5. The van der Waals surface area contributed by atoms with Gasteiger partial charge in [0.05, 0.1) is 0 Å². The SMILES string of the molecule is CCN1CCN(S(=O)(=O)c2cc(N)cs2)CC1. The number of sulfonamides is 1. The number of piperazine rings is 1. The molecule has 7 heteroatoms. The number of likely N-dealkylation sites (N-methyl/N-ethyl adjacent to an activating group) is 1. The molecule has 0 amide bonds. The topological polar surface area (TPSA) is 66.6 Å². The largest absolute Gasteiger partial charge is 0.398 e. The zero-order chi connectivity index (χ0) is 12.5. The Morgan fingerprint density at radius 2 is 2.00 bits per heavy atom. The molecule has 1 aliphatic heterocycles. The Morgan fingerprint density at radius 3 is 2.47 bits per heavy atom. The van der Waals surface area contributed by atoms with Gasteiger partial charge in [0.1, 0.15) is 4.21 Å². The van der Waals surface area contributed by atoms with Gasteiger partial charge in [-0.2, -0.15) is 4.31 Å². The summed E-state index contributed by atoms with van der Waals surface area (Å²) in [5, 5.41) is 1.66. The van der Waals surface area contributed by atoms with Crippen LogP contribution in [0.2, 0.25) is 0 Å². The van der Waals surface area contributed by atoms with Gasteiger partial charge in [-0.25, -0.2) is 8.42 Å². The first-order valence-corrected chi connectivity index (χ1v) is 7.92. The lowest BCUT2D eigenvalue weighted by Crippen LogP contribution is -2.48. The Hall–Kier alpha value is -0.630. The first-order valence-electron chi connectivity index (χ1n) is 5.60. The van der Waals surface area contributed by atoms with E-state index in [0.29, 0.717) is 23.0 Å². The van der Waals surface area contributed by atoms with E-state index >= 15 is 0 Å². The minimum atomic E-state index is -3.33. The predicted octanol–water partition coefficient (Wildman–Crippen LogP) is 0.656. The maximum atomic E-state index is 12.3. The zero-order valence-electron chi connectivity index (χ0n) is 9.80. The van der Waals surface area contributed by atoms with Crippen LogP contribution in [0, 0.1) is 0 Å². The van der Waals surface area contributed by atoms with Crippen LogP contribution in [0.5, 0.6) is 0 Å².